The summed E-state index contributed by atoms with van der Waals surface area (Å²) in [6.07, 6.45) is -4.27. The Morgan fingerprint density at radius 3 is 2.25 bits per heavy atom. The third-order valence-corrected chi connectivity index (χ3v) is 2.02. The van der Waals surface area contributed by atoms with Crippen molar-refractivity contribution in [2.45, 2.75) is 11.1 Å². The molecule has 0 saturated carbocycles. The van der Waals surface area contributed by atoms with Gasteiger partial charge in [-0.2, -0.15) is 13.2 Å². The molecule has 0 N–H and O–H groups in total. The van der Waals surface area contributed by atoms with Crippen LogP contribution in [-0.2, 0) is 6.18 Å². The van der Waals surface area contributed by atoms with Crippen LogP contribution in [0.1, 0.15) is 5.56 Å². The highest BCUT2D eigenvalue weighted by Gasteiger charge is 2.30. The molecule has 1 aromatic carbocycles. The van der Waals surface area contributed by atoms with Crippen LogP contribution in [0.15, 0.2) is 23.1 Å². The van der Waals surface area contributed by atoms with Gasteiger partial charge in [0.2, 0.25) is 0 Å². The zero-order chi connectivity index (χ0) is 9.35. The molecule has 0 aliphatic heterocycles. The molecular formula is C7H6BF3S. The van der Waals surface area contributed by atoms with Gasteiger partial charge in [0.15, 0.2) is 0 Å². The normalized spacial score (nSPS) is 11.7. The van der Waals surface area contributed by atoms with Crippen molar-refractivity contribution >= 4 is 25.9 Å². The van der Waals surface area contributed by atoms with Gasteiger partial charge in [0.05, 0.1) is 5.56 Å². The SMILES string of the molecule is Bc1ccc(C(F)(F)F)cc1S. The summed E-state index contributed by atoms with van der Waals surface area (Å²) in [5.74, 6) is 0. The average molecular weight is 190 g/mol. The highest BCUT2D eigenvalue weighted by Crippen LogP contribution is 2.29. The van der Waals surface area contributed by atoms with E-state index in [9.17, 15) is 13.2 Å². The van der Waals surface area contributed by atoms with Crippen LogP contribution in [0, 0.1) is 0 Å². The molecule has 0 aliphatic rings. The molecule has 0 bridgehead atoms. The molecule has 0 atom stereocenters. The topological polar surface area (TPSA) is 0 Å². The third kappa shape index (κ3) is 1.97. The van der Waals surface area contributed by atoms with Crippen molar-refractivity contribution in [3.63, 3.8) is 0 Å². The second-order valence-electron chi connectivity index (χ2n) is 2.50. The van der Waals surface area contributed by atoms with Gasteiger partial charge in [-0.05, 0) is 11.0 Å². The van der Waals surface area contributed by atoms with E-state index in [1.807, 2.05) is 0 Å². The maximum Gasteiger partial charge on any atom is 0.416 e. The number of thiol groups is 1. The van der Waals surface area contributed by atoms with Gasteiger partial charge < -0.3 is 0 Å². The van der Waals surface area contributed by atoms with Crippen LogP contribution < -0.4 is 5.46 Å². The number of hydrogen-bond acceptors (Lipinski definition) is 1. The molecule has 0 aliphatic carbocycles. The van der Waals surface area contributed by atoms with Gasteiger partial charge in [0.1, 0.15) is 7.85 Å². The predicted molar refractivity (Wildman–Crippen MR) is 46.9 cm³/mol. The molecule has 0 fully saturated rings. The lowest BCUT2D eigenvalue weighted by molar-refractivity contribution is -0.137. The van der Waals surface area contributed by atoms with Crippen molar-refractivity contribution in [1.29, 1.82) is 0 Å². The smallest absolute Gasteiger partial charge is 0.166 e. The van der Waals surface area contributed by atoms with Crippen LogP contribution in [0.5, 0.6) is 0 Å². The Kier molecular flexibility index (Phi) is 2.42. The minimum atomic E-state index is -4.27. The summed E-state index contributed by atoms with van der Waals surface area (Å²) in [6.45, 7) is 0. The molecule has 0 aromatic heterocycles. The van der Waals surface area contributed by atoms with Crippen molar-refractivity contribution in [3.8, 4) is 0 Å². The highest BCUT2D eigenvalue weighted by molar-refractivity contribution is 7.80. The quantitative estimate of drug-likeness (QED) is 0.462. The minimum absolute atomic E-state index is 0.366. The highest BCUT2D eigenvalue weighted by atomic mass is 32.1. The number of alkyl halides is 3. The van der Waals surface area contributed by atoms with Crippen molar-refractivity contribution < 1.29 is 13.2 Å². The fourth-order valence-corrected chi connectivity index (χ4v) is 0.999. The van der Waals surface area contributed by atoms with E-state index in [2.05, 4.69) is 12.6 Å². The average Bonchev–Trinajstić information content (AvgIpc) is 1.92. The van der Waals surface area contributed by atoms with E-state index in [4.69, 9.17) is 0 Å². The third-order valence-electron chi connectivity index (χ3n) is 1.54. The van der Waals surface area contributed by atoms with E-state index in [1.54, 1.807) is 7.85 Å². The van der Waals surface area contributed by atoms with E-state index in [1.165, 1.54) is 6.07 Å². The van der Waals surface area contributed by atoms with E-state index in [0.29, 0.717) is 4.90 Å². The summed E-state index contributed by atoms with van der Waals surface area (Å²) in [7, 11) is 1.71. The van der Waals surface area contributed by atoms with Crippen LogP contribution in [0.3, 0.4) is 0 Å². The molecular weight excluding hydrogens is 184 g/mol. The fraction of sp³-hybridized carbons (Fsp3) is 0.143. The number of hydrogen-bond donors (Lipinski definition) is 1. The monoisotopic (exact) mass is 190 g/mol. The first-order valence-electron chi connectivity index (χ1n) is 3.28. The van der Waals surface area contributed by atoms with E-state index >= 15 is 0 Å². The molecule has 0 saturated heterocycles. The van der Waals surface area contributed by atoms with Gasteiger partial charge in [-0.25, -0.2) is 0 Å². The van der Waals surface area contributed by atoms with Gasteiger partial charge in [0, 0.05) is 0 Å². The summed E-state index contributed by atoms with van der Waals surface area (Å²) in [6, 6.07) is 3.48. The first-order valence-corrected chi connectivity index (χ1v) is 3.73. The van der Waals surface area contributed by atoms with Crippen LogP contribution in [0.4, 0.5) is 13.2 Å². The molecule has 0 spiro atoms. The molecule has 12 heavy (non-hydrogen) atoms. The van der Waals surface area contributed by atoms with Gasteiger partial charge >= 0.3 is 6.18 Å². The molecule has 0 amide bonds. The Balaban J connectivity index is 3.14. The molecule has 0 nitrogen and oxygen atoms in total. The zero-order valence-corrected chi connectivity index (χ0v) is 7.21. The Bertz CT molecular complexity index is 295. The molecule has 1 aromatic rings. The van der Waals surface area contributed by atoms with Gasteiger partial charge in [0.25, 0.3) is 0 Å². The second-order valence-corrected chi connectivity index (χ2v) is 2.98. The minimum Gasteiger partial charge on any atom is -0.166 e. The molecule has 0 heterocycles. The Morgan fingerprint density at radius 1 is 1.25 bits per heavy atom. The fourth-order valence-electron chi connectivity index (χ4n) is 0.786. The zero-order valence-electron chi connectivity index (χ0n) is 6.31. The lowest BCUT2D eigenvalue weighted by Crippen LogP contribution is -2.10. The maximum absolute atomic E-state index is 12.1. The first-order chi connectivity index (χ1) is 5.41. The summed E-state index contributed by atoms with van der Waals surface area (Å²) in [5, 5.41) is 0. The number of halogens is 3. The molecule has 64 valence electrons. The van der Waals surface area contributed by atoms with E-state index in [-0.39, 0.29) is 0 Å². The Hall–Kier alpha value is -0.575. The van der Waals surface area contributed by atoms with Crippen molar-refractivity contribution in [1.82, 2.24) is 0 Å². The second kappa shape index (κ2) is 3.05. The summed E-state index contributed by atoms with van der Waals surface area (Å²) < 4.78 is 36.2. The van der Waals surface area contributed by atoms with Crippen molar-refractivity contribution in [3.05, 3.63) is 23.8 Å². The predicted octanol–water partition coefficient (Wildman–Crippen LogP) is 1.25. The van der Waals surface area contributed by atoms with Crippen LogP contribution in [-0.4, -0.2) is 7.85 Å². The van der Waals surface area contributed by atoms with Crippen LogP contribution in [0.2, 0.25) is 0 Å². The molecule has 1 rings (SSSR count). The largest absolute Gasteiger partial charge is 0.416 e. The molecule has 0 unspecified atom stereocenters. The number of rotatable bonds is 0. The lowest BCUT2D eigenvalue weighted by atomic mass is 9.95. The van der Waals surface area contributed by atoms with Gasteiger partial charge in [-0.1, -0.05) is 17.6 Å². The van der Waals surface area contributed by atoms with Crippen LogP contribution in [0.25, 0.3) is 0 Å². The van der Waals surface area contributed by atoms with Crippen molar-refractivity contribution in [2.75, 3.05) is 0 Å². The Morgan fingerprint density at radius 2 is 1.83 bits per heavy atom. The van der Waals surface area contributed by atoms with Gasteiger partial charge in [-0.15, -0.1) is 12.6 Å². The van der Waals surface area contributed by atoms with Gasteiger partial charge in [-0.3, -0.25) is 0 Å². The van der Waals surface area contributed by atoms with Crippen molar-refractivity contribution in [2.24, 2.45) is 0 Å². The Labute approximate surface area is 74.6 Å². The summed E-state index contributed by atoms with van der Waals surface area (Å²) >= 11 is 3.90. The summed E-state index contributed by atoms with van der Waals surface area (Å²) in [5.41, 5.74) is 0.0874. The molecule has 5 heteroatoms. The summed E-state index contributed by atoms with van der Waals surface area (Å²) in [4.78, 5) is 0.366. The van der Waals surface area contributed by atoms with Crippen LogP contribution >= 0.6 is 12.6 Å². The molecule has 0 radical (unpaired) electrons. The standard InChI is InChI=1S/C7H6BF3S/c8-5-2-1-4(3-6(5)12)7(9,10)11/h1-3,12H,8H2. The lowest BCUT2D eigenvalue weighted by Gasteiger charge is -2.07. The van der Waals surface area contributed by atoms with E-state index in [0.717, 1.165) is 17.6 Å². The van der Waals surface area contributed by atoms with E-state index < -0.39 is 11.7 Å². The first kappa shape index (κ1) is 9.51. The maximum atomic E-state index is 12.1. The number of benzene rings is 1.